The van der Waals surface area contributed by atoms with Crippen molar-refractivity contribution in [2.24, 2.45) is 17.8 Å². The number of imide groups is 1. The summed E-state index contributed by atoms with van der Waals surface area (Å²) in [6.45, 7) is 6.82. The number of Topliss-reactive ketones (excluding diaryl/α,β-unsaturated/α-hetero) is 1. The number of esters is 1. The lowest BCUT2D eigenvalue weighted by molar-refractivity contribution is -0.162. The van der Waals surface area contributed by atoms with E-state index in [2.05, 4.69) is 10.6 Å². The number of rotatable bonds is 3. The molecule has 0 saturated heterocycles. The van der Waals surface area contributed by atoms with E-state index in [0.29, 0.717) is 12.8 Å². The van der Waals surface area contributed by atoms with Gasteiger partial charge in [-0.1, -0.05) is 6.42 Å². The lowest BCUT2D eigenvalue weighted by Gasteiger charge is -2.36. The van der Waals surface area contributed by atoms with Crippen molar-refractivity contribution in [2.45, 2.75) is 71.4 Å². The Morgan fingerprint density at radius 3 is 2.20 bits per heavy atom. The molecule has 3 amide bonds. The summed E-state index contributed by atoms with van der Waals surface area (Å²) in [5.74, 6) is -1.28. The summed E-state index contributed by atoms with van der Waals surface area (Å²) in [4.78, 5) is 48.1. The standard InChI is InChI=1S/C18H28N2O5/c1-10(15(22)19-17(24)20-18(2,3)4)25-16(23)13-8-11-6-5-7-12(9-13)14(11)21/h10-13H,5-9H2,1-4H3,(H2,19,20,22,24)/t10-,11-,12+,13?/m0/s1. The summed E-state index contributed by atoms with van der Waals surface area (Å²) >= 11 is 0. The highest BCUT2D eigenvalue weighted by Gasteiger charge is 2.42. The number of urea groups is 1. The number of carbonyl (C=O) groups is 4. The average Bonchev–Trinajstić information content (AvgIpc) is 2.44. The maximum absolute atomic E-state index is 12.4. The van der Waals surface area contributed by atoms with E-state index in [1.807, 2.05) is 0 Å². The van der Waals surface area contributed by atoms with Crippen LogP contribution in [0.15, 0.2) is 0 Å². The zero-order chi connectivity index (χ0) is 18.8. The molecule has 0 aromatic carbocycles. The van der Waals surface area contributed by atoms with Gasteiger partial charge in [0.25, 0.3) is 5.91 Å². The lowest BCUT2D eigenvalue weighted by Crippen LogP contribution is -2.51. The van der Waals surface area contributed by atoms with E-state index in [1.165, 1.54) is 6.92 Å². The van der Waals surface area contributed by atoms with Crippen molar-refractivity contribution in [1.29, 1.82) is 0 Å². The van der Waals surface area contributed by atoms with Crippen molar-refractivity contribution < 1.29 is 23.9 Å². The van der Waals surface area contributed by atoms with Crippen LogP contribution in [0.1, 0.15) is 59.8 Å². The fourth-order valence-corrected chi connectivity index (χ4v) is 3.58. The molecule has 0 aromatic heterocycles. The number of hydrogen-bond donors (Lipinski definition) is 2. The number of ketones is 1. The molecule has 25 heavy (non-hydrogen) atoms. The van der Waals surface area contributed by atoms with Gasteiger partial charge in [-0.05, 0) is 53.4 Å². The van der Waals surface area contributed by atoms with E-state index < -0.39 is 29.6 Å². The van der Waals surface area contributed by atoms with E-state index in [1.54, 1.807) is 20.8 Å². The number of carbonyl (C=O) groups excluding carboxylic acids is 4. The Balaban J connectivity index is 1.84. The van der Waals surface area contributed by atoms with E-state index >= 15 is 0 Å². The summed E-state index contributed by atoms with van der Waals surface area (Å²) in [5, 5.41) is 4.78. The van der Waals surface area contributed by atoms with Gasteiger partial charge >= 0.3 is 12.0 Å². The second kappa shape index (κ2) is 7.54. The van der Waals surface area contributed by atoms with Crippen molar-refractivity contribution in [2.75, 3.05) is 0 Å². The summed E-state index contributed by atoms with van der Waals surface area (Å²) < 4.78 is 5.24. The minimum Gasteiger partial charge on any atom is -0.452 e. The summed E-state index contributed by atoms with van der Waals surface area (Å²) in [7, 11) is 0. The molecule has 2 N–H and O–H groups in total. The van der Waals surface area contributed by atoms with Gasteiger partial charge in [0.2, 0.25) is 0 Å². The van der Waals surface area contributed by atoms with Gasteiger partial charge in [-0.25, -0.2) is 4.79 Å². The van der Waals surface area contributed by atoms with Gasteiger partial charge in [-0.15, -0.1) is 0 Å². The smallest absolute Gasteiger partial charge is 0.321 e. The first-order valence-corrected chi connectivity index (χ1v) is 8.94. The Hall–Kier alpha value is -1.92. The Morgan fingerprint density at radius 2 is 1.68 bits per heavy atom. The second-order valence-electron chi connectivity index (χ2n) is 8.17. The Kier molecular flexibility index (Phi) is 5.85. The predicted octanol–water partition coefficient (Wildman–Crippen LogP) is 1.94. The van der Waals surface area contributed by atoms with E-state index in [4.69, 9.17) is 4.74 Å². The number of ether oxygens (including phenoxy) is 1. The number of amides is 3. The molecule has 2 rings (SSSR count). The molecule has 2 bridgehead atoms. The van der Waals surface area contributed by atoms with Crippen LogP contribution >= 0.6 is 0 Å². The average molecular weight is 352 g/mol. The van der Waals surface area contributed by atoms with Crippen LogP contribution in [0, 0.1) is 17.8 Å². The first-order chi connectivity index (χ1) is 11.6. The van der Waals surface area contributed by atoms with Crippen LogP contribution in [0.3, 0.4) is 0 Å². The SMILES string of the molecule is C[C@H](OC(=O)C1C[C@H]2CCC[C@@H](C1)C2=O)C(=O)NC(=O)NC(C)(C)C. The topological polar surface area (TPSA) is 102 Å². The van der Waals surface area contributed by atoms with Crippen LogP contribution in [0.25, 0.3) is 0 Å². The summed E-state index contributed by atoms with van der Waals surface area (Å²) in [5.41, 5.74) is -0.475. The zero-order valence-corrected chi connectivity index (χ0v) is 15.4. The molecular formula is C18H28N2O5. The van der Waals surface area contributed by atoms with Crippen LogP contribution < -0.4 is 10.6 Å². The van der Waals surface area contributed by atoms with Gasteiger partial charge in [0.1, 0.15) is 5.78 Å². The molecule has 2 fully saturated rings. The third-order valence-electron chi connectivity index (χ3n) is 4.77. The quantitative estimate of drug-likeness (QED) is 0.756. The monoisotopic (exact) mass is 352 g/mol. The van der Waals surface area contributed by atoms with Crippen molar-refractivity contribution >= 4 is 23.7 Å². The molecule has 4 atom stereocenters. The van der Waals surface area contributed by atoms with Crippen LogP contribution in [-0.2, 0) is 19.1 Å². The van der Waals surface area contributed by atoms with E-state index in [9.17, 15) is 19.2 Å². The molecule has 7 heteroatoms. The Morgan fingerprint density at radius 1 is 1.12 bits per heavy atom. The van der Waals surface area contributed by atoms with Crippen molar-refractivity contribution in [3.63, 3.8) is 0 Å². The lowest BCUT2D eigenvalue weighted by atomic mass is 9.67. The normalized spacial score (nSPS) is 27.2. The molecule has 0 aliphatic heterocycles. The number of fused-ring (bicyclic) bond motifs is 2. The third kappa shape index (κ3) is 5.28. The molecule has 1 unspecified atom stereocenters. The molecule has 0 heterocycles. The first kappa shape index (κ1) is 19.4. The highest BCUT2D eigenvalue weighted by atomic mass is 16.5. The minimum atomic E-state index is -1.06. The maximum Gasteiger partial charge on any atom is 0.321 e. The first-order valence-electron chi connectivity index (χ1n) is 8.94. The maximum atomic E-state index is 12.4. The van der Waals surface area contributed by atoms with Crippen molar-refractivity contribution in [3.05, 3.63) is 0 Å². The van der Waals surface area contributed by atoms with Gasteiger partial charge in [0, 0.05) is 17.4 Å². The molecule has 140 valence electrons. The Bertz CT molecular complexity index is 550. The highest BCUT2D eigenvalue weighted by molar-refractivity contribution is 5.97. The fraction of sp³-hybridized carbons (Fsp3) is 0.778. The Labute approximate surface area is 148 Å². The highest BCUT2D eigenvalue weighted by Crippen LogP contribution is 2.40. The van der Waals surface area contributed by atoms with Crippen LogP contribution in [0.5, 0.6) is 0 Å². The van der Waals surface area contributed by atoms with Gasteiger partial charge in [-0.2, -0.15) is 0 Å². The van der Waals surface area contributed by atoms with Gasteiger partial charge in [0.05, 0.1) is 5.92 Å². The van der Waals surface area contributed by atoms with Crippen LogP contribution in [0.2, 0.25) is 0 Å². The zero-order valence-electron chi connectivity index (χ0n) is 15.4. The molecule has 2 saturated carbocycles. The largest absolute Gasteiger partial charge is 0.452 e. The van der Waals surface area contributed by atoms with Gasteiger partial charge < -0.3 is 10.1 Å². The molecule has 0 spiro atoms. The predicted molar refractivity (Wildman–Crippen MR) is 90.5 cm³/mol. The summed E-state index contributed by atoms with van der Waals surface area (Å²) in [6.07, 6.45) is 2.66. The van der Waals surface area contributed by atoms with Gasteiger partial charge in [-0.3, -0.25) is 19.7 Å². The molecule has 7 nitrogen and oxygen atoms in total. The van der Waals surface area contributed by atoms with E-state index in [-0.39, 0.29) is 23.5 Å². The molecule has 0 aromatic rings. The van der Waals surface area contributed by atoms with E-state index in [0.717, 1.165) is 19.3 Å². The molecule has 2 aliphatic rings. The van der Waals surface area contributed by atoms with Crippen LogP contribution in [0.4, 0.5) is 4.79 Å². The van der Waals surface area contributed by atoms with Crippen LogP contribution in [-0.4, -0.2) is 35.3 Å². The van der Waals surface area contributed by atoms with Gasteiger partial charge in [0.15, 0.2) is 6.10 Å². The van der Waals surface area contributed by atoms with Crippen molar-refractivity contribution in [3.8, 4) is 0 Å². The molecule has 2 aliphatic carbocycles. The van der Waals surface area contributed by atoms with Crippen molar-refractivity contribution in [1.82, 2.24) is 10.6 Å². The number of hydrogen-bond acceptors (Lipinski definition) is 5. The number of nitrogens with one attached hydrogen (secondary N) is 2. The molecule has 0 radical (unpaired) electrons. The second-order valence-corrected chi connectivity index (χ2v) is 8.17. The third-order valence-corrected chi connectivity index (χ3v) is 4.77. The molecular weight excluding hydrogens is 324 g/mol. The summed E-state index contributed by atoms with van der Waals surface area (Å²) in [6, 6.07) is -0.627. The minimum absolute atomic E-state index is 0.0493. The fourth-order valence-electron chi connectivity index (χ4n) is 3.58.